The summed E-state index contributed by atoms with van der Waals surface area (Å²) in [6, 6.07) is 1.33. The predicted octanol–water partition coefficient (Wildman–Crippen LogP) is -2.56. The zero-order chi connectivity index (χ0) is 14.2. The van der Waals surface area contributed by atoms with E-state index in [1.807, 2.05) is 0 Å². The Bertz CT molecular complexity index is 580. The summed E-state index contributed by atoms with van der Waals surface area (Å²) in [5.41, 5.74) is 2.82. The summed E-state index contributed by atoms with van der Waals surface area (Å²) in [6.45, 7) is -0.699. The van der Waals surface area contributed by atoms with Crippen molar-refractivity contribution in [3.05, 3.63) is 22.7 Å². The van der Waals surface area contributed by atoms with Crippen LogP contribution in [0, 0.1) is 12.3 Å². The highest BCUT2D eigenvalue weighted by Crippen LogP contribution is 2.35. The van der Waals surface area contributed by atoms with E-state index >= 15 is 0 Å². The Morgan fingerprint density at radius 2 is 2.32 bits per heavy atom. The Morgan fingerprint density at radius 1 is 1.63 bits per heavy atom. The van der Waals surface area contributed by atoms with Crippen molar-refractivity contribution in [2.45, 2.75) is 24.0 Å². The van der Waals surface area contributed by atoms with Crippen LogP contribution in [0.4, 0.5) is 5.82 Å². The van der Waals surface area contributed by atoms with Gasteiger partial charge in [-0.2, -0.15) is 4.98 Å². The number of hydrogen-bond donors (Lipinski definition) is 4. The van der Waals surface area contributed by atoms with Gasteiger partial charge >= 0.3 is 5.69 Å². The second-order valence-corrected chi connectivity index (χ2v) is 4.18. The van der Waals surface area contributed by atoms with Crippen molar-refractivity contribution in [1.82, 2.24) is 9.55 Å². The molecule has 1 aliphatic heterocycles. The molecule has 1 saturated heterocycles. The number of aliphatic hydroxyl groups is 3. The van der Waals surface area contributed by atoms with E-state index in [-0.39, 0.29) is 5.82 Å². The fourth-order valence-corrected chi connectivity index (χ4v) is 1.92. The van der Waals surface area contributed by atoms with E-state index in [0.717, 1.165) is 4.57 Å². The van der Waals surface area contributed by atoms with Gasteiger partial charge in [-0.05, 0) is 6.07 Å². The maximum Gasteiger partial charge on any atom is 0.351 e. The van der Waals surface area contributed by atoms with Crippen LogP contribution < -0.4 is 11.4 Å². The molecule has 4 atom stereocenters. The Kier molecular flexibility index (Phi) is 3.30. The summed E-state index contributed by atoms with van der Waals surface area (Å²) in [5, 5.41) is 29.0. The number of aromatic nitrogens is 2. The molecule has 0 saturated carbocycles. The smallest absolute Gasteiger partial charge is 0.351 e. The van der Waals surface area contributed by atoms with Gasteiger partial charge in [-0.15, -0.1) is 6.42 Å². The molecule has 1 unspecified atom stereocenters. The lowest BCUT2D eigenvalue weighted by atomic mass is 9.97. The van der Waals surface area contributed by atoms with Crippen LogP contribution in [0.25, 0.3) is 0 Å². The maximum absolute atomic E-state index is 11.7. The van der Waals surface area contributed by atoms with E-state index < -0.39 is 36.3 Å². The molecule has 1 fully saturated rings. The molecule has 0 bridgehead atoms. The minimum atomic E-state index is -1.76. The first-order chi connectivity index (χ1) is 8.95. The third-order valence-electron chi connectivity index (χ3n) is 3.03. The SMILES string of the molecule is C#C[C@]1(CO)O[C@@H](n2ccc(N)nc2=O)[C@@H](O)C1O. The summed E-state index contributed by atoms with van der Waals surface area (Å²) in [5.74, 6) is 2.11. The molecule has 0 spiro atoms. The fraction of sp³-hybridized carbons (Fsp3) is 0.455. The van der Waals surface area contributed by atoms with Gasteiger partial charge in [-0.3, -0.25) is 4.57 Å². The summed E-state index contributed by atoms with van der Waals surface area (Å²) in [4.78, 5) is 15.1. The van der Waals surface area contributed by atoms with Crippen LogP contribution in [-0.4, -0.2) is 49.3 Å². The molecule has 2 heterocycles. The molecule has 8 nitrogen and oxygen atoms in total. The van der Waals surface area contributed by atoms with Crippen LogP contribution >= 0.6 is 0 Å². The van der Waals surface area contributed by atoms with Gasteiger partial charge in [0.25, 0.3) is 0 Å². The van der Waals surface area contributed by atoms with Gasteiger partial charge < -0.3 is 25.8 Å². The first kappa shape index (κ1) is 13.5. The van der Waals surface area contributed by atoms with E-state index in [4.69, 9.17) is 16.9 Å². The van der Waals surface area contributed by atoms with Crippen LogP contribution in [0.3, 0.4) is 0 Å². The number of hydrogen-bond acceptors (Lipinski definition) is 7. The zero-order valence-corrected chi connectivity index (χ0v) is 9.80. The normalized spacial score (nSPS) is 34.1. The monoisotopic (exact) mass is 267 g/mol. The third-order valence-corrected chi connectivity index (χ3v) is 3.03. The van der Waals surface area contributed by atoms with Crippen LogP contribution in [0.1, 0.15) is 6.23 Å². The number of ether oxygens (including phenoxy) is 1. The highest BCUT2D eigenvalue weighted by Gasteiger charge is 2.54. The standard InChI is InChI=1S/C11H13N3O5/c1-2-11(5-15)8(17)7(16)9(19-11)14-4-3-6(12)13-10(14)18/h1,3-4,7-9,15-17H,5H2,(H2,12,13,18)/t7-,8?,9+,11+/m0/s1. The lowest BCUT2D eigenvalue weighted by molar-refractivity contribution is -0.0935. The molecule has 0 aliphatic carbocycles. The van der Waals surface area contributed by atoms with Gasteiger partial charge in [-0.25, -0.2) is 4.79 Å². The molecule has 8 heteroatoms. The summed E-state index contributed by atoms with van der Waals surface area (Å²) < 4.78 is 6.22. The van der Waals surface area contributed by atoms with E-state index in [1.54, 1.807) is 0 Å². The molecule has 1 aliphatic rings. The molecule has 0 radical (unpaired) electrons. The minimum Gasteiger partial charge on any atom is -0.392 e. The lowest BCUT2D eigenvalue weighted by Gasteiger charge is -2.23. The van der Waals surface area contributed by atoms with Gasteiger partial charge in [0.1, 0.15) is 18.0 Å². The molecule has 1 aromatic rings. The van der Waals surface area contributed by atoms with Gasteiger partial charge in [0.05, 0.1) is 6.61 Å². The number of terminal acetylenes is 1. The molecule has 19 heavy (non-hydrogen) atoms. The van der Waals surface area contributed by atoms with Gasteiger partial charge in [0, 0.05) is 6.20 Å². The highest BCUT2D eigenvalue weighted by molar-refractivity contribution is 5.24. The van der Waals surface area contributed by atoms with Crippen molar-refractivity contribution in [2.24, 2.45) is 0 Å². The molecular formula is C11H13N3O5. The molecular weight excluding hydrogens is 254 g/mol. The average Bonchev–Trinajstić information content (AvgIpc) is 2.64. The number of rotatable bonds is 2. The second-order valence-electron chi connectivity index (χ2n) is 4.18. The number of aliphatic hydroxyl groups excluding tert-OH is 3. The van der Waals surface area contributed by atoms with E-state index in [2.05, 4.69) is 10.9 Å². The Balaban J connectivity index is 2.43. The largest absolute Gasteiger partial charge is 0.392 e. The van der Waals surface area contributed by atoms with Gasteiger partial charge in [0.2, 0.25) is 0 Å². The number of nitrogens with two attached hydrogens (primary N) is 1. The predicted molar refractivity (Wildman–Crippen MR) is 63.7 cm³/mol. The first-order valence-corrected chi connectivity index (χ1v) is 5.42. The van der Waals surface area contributed by atoms with Crippen molar-refractivity contribution >= 4 is 5.82 Å². The van der Waals surface area contributed by atoms with Crippen LogP contribution in [0.15, 0.2) is 17.1 Å². The molecule has 5 N–H and O–H groups in total. The molecule has 102 valence electrons. The van der Waals surface area contributed by atoms with E-state index in [0.29, 0.717) is 0 Å². The Morgan fingerprint density at radius 3 is 2.79 bits per heavy atom. The highest BCUT2D eigenvalue weighted by atomic mass is 16.6. The quantitative estimate of drug-likeness (QED) is 0.433. The number of nitrogens with zero attached hydrogens (tertiary/aromatic N) is 2. The van der Waals surface area contributed by atoms with E-state index in [1.165, 1.54) is 12.3 Å². The van der Waals surface area contributed by atoms with Crippen LogP contribution in [-0.2, 0) is 4.74 Å². The first-order valence-electron chi connectivity index (χ1n) is 5.42. The summed E-state index contributed by atoms with van der Waals surface area (Å²) in [7, 11) is 0. The van der Waals surface area contributed by atoms with Crippen molar-refractivity contribution < 1.29 is 20.1 Å². The molecule has 0 aromatic carbocycles. The maximum atomic E-state index is 11.7. The topological polar surface area (TPSA) is 131 Å². The van der Waals surface area contributed by atoms with Gasteiger partial charge in [0.15, 0.2) is 11.8 Å². The molecule has 1 aromatic heterocycles. The summed E-state index contributed by atoms with van der Waals surface area (Å²) >= 11 is 0. The van der Waals surface area contributed by atoms with Crippen LogP contribution in [0.5, 0.6) is 0 Å². The van der Waals surface area contributed by atoms with Crippen molar-refractivity contribution in [2.75, 3.05) is 12.3 Å². The summed E-state index contributed by atoms with van der Waals surface area (Å²) in [6.07, 6.45) is 2.20. The Labute approximate surface area is 108 Å². The fourth-order valence-electron chi connectivity index (χ4n) is 1.92. The molecule has 0 amide bonds. The Hall–Kier alpha value is -1.92. The third kappa shape index (κ3) is 1.98. The second kappa shape index (κ2) is 4.64. The van der Waals surface area contributed by atoms with Crippen molar-refractivity contribution in [3.8, 4) is 12.3 Å². The van der Waals surface area contributed by atoms with Crippen molar-refractivity contribution in [1.29, 1.82) is 0 Å². The van der Waals surface area contributed by atoms with Crippen LogP contribution in [0.2, 0.25) is 0 Å². The van der Waals surface area contributed by atoms with Gasteiger partial charge in [-0.1, -0.05) is 5.92 Å². The minimum absolute atomic E-state index is 0.0136. The van der Waals surface area contributed by atoms with Crippen molar-refractivity contribution in [3.63, 3.8) is 0 Å². The van der Waals surface area contributed by atoms with E-state index in [9.17, 15) is 20.1 Å². The lowest BCUT2D eigenvalue weighted by Crippen LogP contribution is -2.45. The number of nitrogen functional groups attached to an aromatic ring is 1. The zero-order valence-electron chi connectivity index (χ0n) is 9.80. The average molecular weight is 267 g/mol. The molecule has 2 rings (SSSR count). The number of anilines is 1.